The molecule has 1 atom stereocenters. The maximum absolute atomic E-state index is 12.1. The molecule has 0 aliphatic rings. The molecule has 1 aromatic heterocycles. The highest BCUT2D eigenvalue weighted by molar-refractivity contribution is 7.85. The summed E-state index contributed by atoms with van der Waals surface area (Å²) in [4.78, 5) is 6.35. The molecule has 0 amide bonds. The van der Waals surface area contributed by atoms with Gasteiger partial charge in [-0.25, -0.2) is 0 Å². The highest BCUT2D eigenvalue weighted by Gasteiger charge is 2.05. The van der Waals surface area contributed by atoms with Crippen LogP contribution >= 0.6 is 11.3 Å². The Morgan fingerprint density at radius 1 is 1.23 bits per heavy atom. The number of hydrogen-bond acceptors (Lipinski definition) is 3. The van der Waals surface area contributed by atoms with Crippen molar-refractivity contribution in [2.75, 3.05) is 19.3 Å². The smallest absolute Gasteiger partial charge is 0.191 e. The van der Waals surface area contributed by atoms with E-state index < -0.39 is 10.8 Å². The van der Waals surface area contributed by atoms with E-state index in [0.717, 1.165) is 17.4 Å². The molecule has 0 fully saturated rings. The summed E-state index contributed by atoms with van der Waals surface area (Å²) >= 11 is 1.73. The van der Waals surface area contributed by atoms with Crippen LogP contribution in [-0.4, -0.2) is 29.5 Å². The summed E-state index contributed by atoms with van der Waals surface area (Å²) in [6.07, 6.45) is 0. The van der Waals surface area contributed by atoms with Gasteiger partial charge in [0.05, 0.1) is 17.3 Å². The van der Waals surface area contributed by atoms with Gasteiger partial charge in [0, 0.05) is 29.1 Å². The zero-order valence-corrected chi connectivity index (χ0v) is 14.5. The largest absolute Gasteiger partial charge is 0.355 e. The first-order chi connectivity index (χ1) is 10.7. The van der Waals surface area contributed by atoms with Gasteiger partial charge in [-0.2, -0.15) is 0 Å². The molecule has 2 rings (SSSR count). The van der Waals surface area contributed by atoms with Crippen LogP contribution in [0.2, 0.25) is 0 Å². The predicted molar refractivity (Wildman–Crippen MR) is 95.0 cm³/mol. The number of hydrogen-bond donors (Lipinski definition) is 2. The molecule has 118 valence electrons. The number of benzene rings is 1. The number of thiophene rings is 1. The number of aryl methyl sites for hydroxylation is 1. The monoisotopic (exact) mass is 335 g/mol. The second kappa shape index (κ2) is 8.70. The number of nitrogens with one attached hydrogen (secondary N) is 2. The summed E-state index contributed by atoms with van der Waals surface area (Å²) in [5.74, 6) is 1.29. The molecule has 2 aromatic rings. The van der Waals surface area contributed by atoms with E-state index in [2.05, 4.69) is 34.0 Å². The number of nitrogens with zero attached hydrogens (tertiary/aromatic N) is 1. The highest BCUT2D eigenvalue weighted by atomic mass is 32.2. The molecular weight excluding hydrogens is 314 g/mol. The van der Waals surface area contributed by atoms with Crippen molar-refractivity contribution in [2.45, 2.75) is 18.4 Å². The van der Waals surface area contributed by atoms with Crippen molar-refractivity contribution in [1.82, 2.24) is 10.6 Å². The molecule has 0 spiro atoms. The third-order valence-corrected chi connectivity index (χ3v) is 5.59. The second-order valence-electron chi connectivity index (χ2n) is 4.74. The Morgan fingerprint density at radius 2 is 2.00 bits per heavy atom. The Balaban J connectivity index is 1.75. The van der Waals surface area contributed by atoms with Crippen molar-refractivity contribution in [2.24, 2.45) is 4.99 Å². The first-order valence-corrected chi connectivity index (χ1v) is 9.31. The predicted octanol–water partition coefficient (Wildman–Crippen LogP) is 2.53. The number of aliphatic imine (C=N–C) groups is 1. The molecule has 1 aromatic carbocycles. The van der Waals surface area contributed by atoms with Crippen LogP contribution in [0.15, 0.2) is 51.7 Å². The molecule has 1 unspecified atom stereocenters. The minimum absolute atomic E-state index is 0.558. The minimum atomic E-state index is -0.982. The van der Waals surface area contributed by atoms with Crippen molar-refractivity contribution >= 4 is 28.1 Å². The summed E-state index contributed by atoms with van der Waals surface area (Å²) in [5.41, 5.74) is 1.29. The Hall–Kier alpha value is -1.66. The molecule has 4 nitrogen and oxygen atoms in total. The van der Waals surface area contributed by atoms with Crippen molar-refractivity contribution in [3.63, 3.8) is 0 Å². The van der Waals surface area contributed by atoms with Crippen LogP contribution in [0.3, 0.4) is 0 Å². The molecule has 0 aliphatic carbocycles. The molecule has 0 bridgehead atoms. The third kappa shape index (κ3) is 4.96. The van der Waals surface area contributed by atoms with E-state index in [4.69, 9.17) is 0 Å². The Labute approximate surface area is 138 Å². The van der Waals surface area contributed by atoms with Gasteiger partial charge in [0.1, 0.15) is 0 Å². The van der Waals surface area contributed by atoms with Crippen LogP contribution in [0.5, 0.6) is 0 Å². The lowest BCUT2D eigenvalue weighted by molar-refractivity contribution is 0.681. The molecule has 0 saturated carbocycles. The van der Waals surface area contributed by atoms with Crippen molar-refractivity contribution in [3.05, 3.63) is 52.2 Å². The van der Waals surface area contributed by atoms with Crippen LogP contribution in [0.25, 0.3) is 0 Å². The maximum atomic E-state index is 12.1. The summed E-state index contributed by atoms with van der Waals surface area (Å²) in [6, 6.07) is 11.6. The fourth-order valence-electron chi connectivity index (χ4n) is 1.92. The first kappa shape index (κ1) is 16.7. The summed E-state index contributed by atoms with van der Waals surface area (Å²) in [7, 11) is 0.759. The van der Waals surface area contributed by atoms with Gasteiger partial charge in [-0.3, -0.25) is 9.20 Å². The molecule has 0 saturated heterocycles. The number of rotatable bonds is 6. The average molecular weight is 335 g/mol. The van der Waals surface area contributed by atoms with Gasteiger partial charge in [-0.05, 0) is 36.1 Å². The standard InChI is InChI=1S/C16H21N3OS2/c1-13-8-10-21-15(13)12-19-16(17-2)18-9-11-22(20)14-6-4-3-5-7-14/h3-8,10H,9,11-12H2,1-2H3,(H2,17,18,19). The van der Waals surface area contributed by atoms with Gasteiger partial charge in [0.25, 0.3) is 0 Å². The van der Waals surface area contributed by atoms with E-state index in [1.807, 2.05) is 30.3 Å². The zero-order chi connectivity index (χ0) is 15.8. The zero-order valence-electron chi connectivity index (χ0n) is 12.8. The average Bonchev–Trinajstić information content (AvgIpc) is 2.96. The Bertz CT molecular complexity index is 638. The van der Waals surface area contributed by atoms with Crippen LogP contribution in [0, 0.1) is 6.92 Å². The van der Waals surface area contributed by atoms with Crippen molar-refractivity contribution in [3.8, 4) is 0 Å². The molecule has 6 heteroatoms. The van der Waals surface area contributed by atoms with Gasteiger partial charge in [0.15, 0.2) is 5.96 Å². The van der Waals surface area contributed by atoms with E-state index in [1.54, 1.807) is 18.4 Å². The van der Waals surface area contributed by atoms with Gasteiger partial charge >= 0.3 is 0 Å². The lowest BCUT2D eigenvalue weighted by Crippen LogP contribution is -2.38. The lowest BCUT2D eigenvalue weighted by Gasteiger charge is -2.11. The van der Waals surface area contributed by atoms with E-state index in [1.165, 1.54) is 10.4 Å². The second-order valence-corrected chi connectivity index (χ2v) is 7.31. The molecule has 0 aliphatic heterocycles. The van der Waals surface area contributed by atoms with Crippen LogP contribution in [0.1, 0.15) is 10.4 Å². The SMILES string of the molecule is CN=C(NCCS(=O)c1ccccc1)NCc1sccc1C. The van der Waals surface area contributed by atoms with E-state index in [0.29, 0.717) is 12.3 Å². The fraction of sp³-hybridized carbons (Fsp3) is 0.312. The summed E-state index contributed by atoms with van der Waals surface area (Å²) < 4.78 is 12.1. The molecule has 22 heavy (non-hydrogen) atoms. The quantitative estimate of drug-likeness (QED) is 0.630. The van der Waals surface area contributed by atoms with Crippen LogP contribution in [0.4, 0.5) is 0 Å². The Morgan fingerprint density at radius 3 is 2.64 bits per heavy atom. The topological polar surface area (TPSA) is 53.5 Å². The lowest BCUT2D eigenvalue weighted by atomic mass is 10.3. The maximum Gasteiger partial charge on any atom is 0.191 e. The Kier molecular flexibility index (Phi) is 6.61. The highest BCUT2D eigenvalue weighted by Crippen LogP contribution is 2.14. The van der Waals surface area contributed by atoms with Gasteiger partial charge in [-0.15, -0.1) is 11.3 Å². The van der Waals surface area contributed by atoms with Gasteiger partial charge < -0.3 is 10.6 Å². The van der Waals surface area contributed by atoms with E-state index in [9.17, 15) is 4.21 Å². The molecule has 0 radical (unpaired) electrons. The summed E-state index contributed by atoms with van der Waals surface area (Å²) in [5, 5.41) is 8.57. The fourth-order valence-corrected chi connectivity index (χ4v) is 3.75. The number of guanidine groups is 1. The van der Waals surface area contributed by atoms with E-state index in [-0.39, 0.29) is 0 Å². The normalized spacial score (nSPS) is 12.9. The third-order valence-electron chi connectivity index (χ3n) is 3.19. The summed E-state index contributed by atoms with van der Waals surface area (Å²) in [6.45, 7) is 3.47. The van der Waals surface area contributed by atoms with Crippen molar-refractivity contribution in [1.29, 1.82) is 0 Å². The van der Waals surface area contributed by atoms with E-state index >= 15 is 0 Å². The minimum Gasteiger partial charge on any atom is -0.355 e. The first-order valence-electron chi connectivity index (χ1n) is 7.11. The van der Waals surface area contributed by atoms with Crippen LogP contribution < -0.4 is 10.6 Å². The molecule has 1 heterocycles. The van der Waals surface area contributed by atoms with Gasteiger partial charge in [-0.1, -0.05) is 18.2 Å². The van der Waals surface area contributed by atoms with Crippen LogP contribution in [-0.2, 0) is 17.3 Å². The molecular formula is C16H21N3OS2. The van der Waals surface area contributed by atoms with Crippen molar-refractivity contribution < 1.29 is 4.21 Å². The molecule has 2 N–H and O–H groups in total. The van der Waals surface area contributed by atoms with Gasteiger partial charge in [0.2, 0.25) is 0 Å².